The van der Waals surface area contributed by atoms with Crippen molar-refractivity contribution < 1.29 is 9.90 Å². The molecule has 0 rings (SSSR count). The summed E-state index contributed by atoms with van der Waals surface area (Å²) in [6, 6.07) is 0. The number of unbranched alkanes of at least 4 members (excludes halogenated alkanes) is 1. The van der Waals surface area contributed by atoms with Crippen LogP contribution in [0.4, 0.5) is 0 Å². The topological polar surface area (TPSA) is 37.3 Å². The fourth-order valence-electron chi connectivity index (χ4n) is 0.735. The summed E-state index contributed by atoms with van der Waals surface area (Å²) in [6.45, 7) is 0. The van der Waals surface area contributed by atoms with Gasteiger partial charge in [-0.1, -0.05) is 6.42 Å². The Labute approximate surface area is 86.8 Å². The molecule has 0 spiro atoms. The van der Waals surface area contributed by atoms with Crippen molar-refractivity contribution in [3.05, 3.63) is 0 Å². The minimum Gasteiger partial charge on any atom is -0.480 e. The third-order valence-electron chi connectivity index (χ3n) is 1.42. The standard InChI is InChI=1S/C7H11Cl3O2/c8-4-2-1-3-5(9)6(10)7(11)12/h5-6H,1-4H2,(H,11,12). The second-order valence-electron chi connectivity index (χ2n) is 2.44. The molecule has 0 bridgehead atoms. The van der Waals surface area contributed by atoms with Gasteiger partial charge in [0.25, 0.3) is 0 Å². The van der Waals surface area contributed by atoms with Crippen molar-refractivity contribution in [2.45, 2.75) is 30.0 Å². The van der Waals surface area contributed by atoms with Crippen LogP contribution in [0.5, 0.6) is 0 Å². The molecule has 0 aromatic heterocycles. The molecule has 0 saturated carbocycles. The van der Waals surface area contributed by atoms with Gasteiger partial charge in [-0.2, -0.15) is 0 Å². The van der Waals surface area contributed by atoms with Crippen molar-refractivity contribution in [3.63, 3.8) is 0 Å². The van der Waals surface area contributed by atoms with Gasteiger partial charge in [0.2, 0.25) is 0 Å². The summed E-state index contributed by atoms with van der Waals surface area (Å²) in [5, 5.41) is 6.96. The van der Waals surface area contributed by atoms with Gasteiger partial charge in [0, 0.05) is 5.88 Å². The predicted octanol–water partition coefficient (Wildman–Crippen LogP) is 2.69. The van der Waals surface area contributed by atoms with Crippen LogP contribution in [-0.4, -0.2) is 27.7 Å². The number of aliphatic carboxylic acids is 1. The van der Waals surface area contributed by atoms with E-state index in [-0.39, 0.29) is 0 Å². The first-order chi connectivity index (χ1) is 5.59. The molecule has 0 aromatic rings. The third-order valence-corrected chi connectivity index (χ3v) is 2.77. The molecule has 2 nitrogen and oxygen atoms in total. The number of rotatable bonds is 6. The molecule has 1 N–H and O–H groups in total. The van der Waals surface area contributed by atoms with E-state index in [0.717, 1.165) is 12.8 Å². The van der Waals surface area contributed by atoms with Crippen LogP contribution in [0.15, 0.2) is 0 Å². The van der Waals surface area contributed by atoms with Crippen molar-refractivity contribution >= 4 is 40.8 Å². The lowest BCUT2D eigenvalue weighted by Crippen LogP contribution is -2.24. The average Bonchev–Trinajstić information content (AvgIpc) is 2.03. The predicted molar refractivity (Wildman–Crippen MR) is 51.5 cm³/mol. The Morgan fingerprint density at radius 1 is 1.33 bits per heavy atom. The van der Waals surface area contributed by atoms with Crippen LogP contribution in [0.1, 0.15) is 19.3 Å². The zero-order valence-corrected chi connectivity index (χ0v) is 8.74. The van der Waals surface area contributed by atoms with Crippen molar-refractivity contribution in [1.82, 2.24) is 0 Å². The van der Waals surface area contributed by atoms with Crippen LogP contribution < -0.4 is 0 Å². The number of alkyl halides is 3. The highest BCUT2D eigenvalue weighted by Gasteiger charge is 2.22. The second-order valence-corrected chi connectivity index (χ2v) is 3.85. The van der Waals surface area contributed by atoms with Gasteiger partial charge in [-0.15, -0.1) is 34.8 Å². The molecule has 2 atom stereocenters. The Bertz CT molecular complexity index is 141. The Hall–Kier alpha value is 0.340. The number of hydrogen-bond donors (Lipinski definition) is 1. The van der Waals surface area contributed by atoms with E-state index >= 15 is 0 Å². The number of hydrogen-bond acceptors (Lipinski definition) is 1. The highest BCUT2D eigenvalue weighted by Crippen LogP contribution is 2.16. The van der Waals surface area contributed by atoms with E-state index in [2.05, 4.69) is 0 Å². The summed E-state index contributed by atoms with van der Waals surface area (Å²) >= 11 is 16.6. The molecule has 0 aromatic carbocycles. The van der Waals surface area contributed by atoms with E-state index in [9.17, 15) is 4.79 Å². The summed E-state index contributed by atoms with van der Waals surface area (Å²) in [5.74, 6) is -0.494. The molecule has 72 valence electrons. The first kappa shape index (κ1) is 12.3. The summed E-state index contributed by atoms with van der Waals surface area (Å²) in [7, 11) is 0. The Morgan fingerprint density at radius 3 is 2.33 bits per heavy atom. The van der Waals surface area contributed by atoms with Crippen molar-refractivity contribution in [2.24, 2.45) is 0 Å². The van der Waals surface area contributed by atoms with E-state index in [0.29, 0.717) is 12.3 Å². The zero-order chi connectivity index (χ0) is 9.56. The summed E-state index contributed by atoms with van der Waals surface area (Å²) in [6.07, 6.45) is 2.25. The highest BCUT2D eigenvalue weighted by molar-refractivity contribution is 6.36. The van der Waals surface area contributed by atoms with Crippen LogP contribution in [0.3, 0.4) is 0 Å². The molecule has 12 heavy (non-hydrogen) atoms. The molecule has 0 amide bonds. The minimum absolute atomic E-state index is 0.507. The number of carbonyl (C=O) groups is 1. The Balaban J connectivity index is 3.56. The molecule has 0 aliphatic heterocycles. The van der Waals surface area contributed by atoms with Crippen LogP contribution in [-0.2, 0) is 4.79 Å². The van der Waals surface area contributed by atoms with Crippen molar-refractivity contribution in [2.75, 3.05) is 5.88 Å². The van der Waals surface area contributed by atoms with Gasteiger partial charge in [-0.3, -0.25) is 4.79 Å². The quantitative estimate of drug-likeness (QED) is 0.566. The fourth-order valence-corrected chi connectivity index (χ4v) is 1.31. The van der Waals surface area contributed by atoms with E-state index in [1.165, 1.54) is 0 Å². The molecule has 0 heterocycles. The molecule has 0 aliphatic rings. The second kappa shape index (κ2) is 6.81. The fraction of sp³-hybridized carbons (Fsp3) is 0.857. The van der Waals surface area contributed by atoms with Gasteiger partial charge in [0.15, 0.2) is 0 Å². The van der Waals surface area contributed by atoms with Crippen molar-refractivity contribution in [3.8, 4) is 0 Å². The van der Waals surface area contributed by atoms with Crippen LogP contribution >= 0.6 is 34.8 Å². The molecule has 2 unspecified atom stereocenters. The maximum absolute atomic E-state index is 10.3. The first-order valence-electron chi connectivity index (χ1n) is 3.66. The third kappa shape index (κ3) is 5.07. The maximum Gasteiger partial charge on any atom is 0.323 e. The first-order valence-corrected chi connectivity index (χ1v) is 5.07. The molecule has 0 saturated heterocycles. The largest absolute Gasteiger partial charge is 0.480 e. The van der Waals surface area contributed by atoms with Gasteiger partial charge in [0.05, 0.1) is 5.38 Å². The van der Waals surface area contributed by atoms with Crippen molar-refractivity contribution in [1.29, 1.82) is 0 Å². The average molecular weight is 234 g/mol. The summed E-state index contributed by atoms with van der Waals surface area (Å²) in [4.78, 5) is 10.3. The monoisotopic (exact) mass is 232 g/mol. The lowest BCUT2D eigenvalue weighted by molar-refractivity contribution is -0.136. The number of carboxylic acids is 1. The maximum atomic E-state index is 10.3. The summed E-state index contributed by atoms with van der Waals surface area (Å²) < 4.78 is 0. The van der Waals surface area contributed by atoms with E-state index in [4.69, 9.17) is 39.9 Å². The van der Waals surface area contributed by atoms with Gasteiger partial charge in [-0.05, 0) is 12.8 Å². The SMILES string of the molecule is O=C(O)C(Cl)C(Cl)CCCCCl. The van der Waals surface area contributed by atoms with Gasteiger partial charge >= 0.3 is 5.97 Å². The Morgan fingerprint density at radius 2 is 1.92 bits per heavy atom. The van der Waals surface area contributed by atoms with E-state index < -0.39 is 16.7 Å². The Kier molecular flexibility index (Phi) is 7.01. The van der Waals surface area contributed by atoms with E-state index in [1.807, 2.05) is 0 Å². The smallest absolute Gasteiger partial charge is 0.323 e. The van der Waals surface area contributed by atoms with Crippen LogP contribution in [0.25, 0.3) is 0 Å². The molecule has 0 fully saturated rings. The molecule has 0 aliphatic carbocycles. The van der Waals surface area contributed by atoms with Gasteiger partial charge in [0.1, 0.15) is 5.38 Å². The van der Waals surface area contributed by atoms with E-state index in [1.54, 1.807) is 0 Å². The molecular formula is C7H11Cl3O2. The molecular weight excluding hydrogens is 222 g/mol. The molecule has 0 radical (unpaired) electrons. The summed E-state index contributed by atoms with van der Waals surface area (Å²) in [5.41, 5.74) is 0. The number of carboxylic acid groups (broad SMARTS) is 1. The lowest BCUT2D eigenvalue weighted by atomic mass is 10.1. The van der Waals surface area contributed by atoms with Gasteiger partial charge < -0.3 is 5.11 Å². The van der Waals surface area contributed by atoms with Gasteiger partial charge in [-0.25, -0.2) is 0 Å². The zero-order valence-electron chi connectivity index (χ0n) is 6.47. The lowest BCUT2D eigenvalue weighted by Gasteiger charge is -2.10. The minimum atomic E-state index is -1.07. The van der Waals surface area contributed by atoms with Crippen LogP contribution in [0.2, 0.25) is 0 Å². The molecule has 5 heteroatoms. The highest BCUT2D eigenvalue weighted by atomic mass is 35.5. The number of halogens is 3. The normalized spacial score (nSPS) is 15.6. The van der Waals surface area contributed by atoms with Crippen LogP contribution in [0, 0.1) is 0 Å².